The van der Waals surface area contributed by atoms with Crippen molar-refractivity contribution in [1.29, 1.82) is 0 Å². The summed E-state index contributed by atoms with van der Waals surface area (Å²) in [6.45, 7) is -0.331. The Labute approximate surface area is 65.4 Å². The maximum Gasteiger partial charge on any atom is 0.320 e. The first kappa shape index (κ1) is 10.4. The lowest BCUT2D eigenvalue weighted by Gasteiger charge is -2.03. The number of aliphatic carboxylic acids is 1. The van der Waals surface area contributed by atoms with Crippen LogP contribution >= 0.6 is 0 Å². The van der Waals surface area contributed by atoms with Crippen molar-refractivity contribution in [3.63, 3.8) is 0 Å². The monoisotopic (exact) mass is 163 g/mol. The quantitative estimate of drug-likeness (QED) is 0.572. The van der Waals surface area contributed by atoms with E-state index in [1.54, 1.807) is 0 Å². The maximum atomic E-state index is 11.5. The fraction of sp³-hybridized carbons (Fsp3) is 0.857. The molecular formula is C7H14FNO2. The van der Waals surface area contributed by atoms with E-state index in [0.29, 0.717) is 19.3 Å². The molecule has 0 heterocycles. The van der Waals surface area contributed by atoms with Gasteiger partial charge in [0.2, 0.25) is 0 Å². The third-order valence-corrected chi connectivity index (χ3v) is 1.47. The first-order valence-corrected chi connectivity index (χ1v) is 3.73. The van der Waals surface area contributed by atoms with Crippen molar-refractivity contribution < 1.29 is 14.3 Å². The van der Waals surface area contributed by atoms with Crippen LogP contribution in [0.5, 0.6) is 0 Å². The Balaban J connectivity index is 3.17. The highest BCUT2D eigenvalue weighted by Crippen LogP contribution is 2.02. The van der Waals surface area contributed by atoms with E-state index in [0.717, 1.165) is 6.42 Å². The first-order valence-electron chi connectivity index (χ1n) is 3.73. The lowest BCUT2D eigenvalue weighted by Crippen LogP contribution is -2.29. The van der Waals surface area contributed by atoms with Crippen molar-refractivity contribution in [2.75, 3.05) is 6.67 Å². The molecule has 0 amide bonds. The van der Waals surface area contributed by atoms with Gasteiger partial charge in [0.15, 0.2) is 0 Å². The zero-order chi connectivity index (χ0) is 8.69. The molecule has 0 fully saturated rings. The lowest BCUT2D eigenvalue weighted by molar-refractivity contribution is -0.138. The summed E-state index contributed by atoms with van der Waals surface area (Å²) in [5.74, 6) is -0.981. The minimum atomic E-state index is -0.981. The summed E-state index contributed by atoms with van der Waals surface area (Å²) in [5, 5.41) is 8.34. The molecular weight excluding hydrogens is 149 g/mol. The van der Waals surface area contributed by atoms with E-state index in [2.05, 4.69) is 0 Å². The number of rotatable bonds is 6. The standard InChI is InChI=1S/C7H14FNO2/c8-5-3-1-2-4-6(9)7(10)11/h6H,1-5,9H2,(H,10,11)/t6-/m1/s1. The molecule has 4 heteroatoms. The largest absolute Gasteiger partial charge is 0.480 e. The molecule has 0 aliphatic rings. The van der Waals surface area contributed by atoms with Crippen molar-refractivity contribution in [1.82, 2.24) is 0 Å². The Bertz CT molecular complexity index is 119. The second kappa shape index (κ2) is 6.09. The van der Waals surface area contributed by atoms with Crippen LogP contribution in [0, 0.1) is 0 Å². The lowest BCUT2D eigenvalue weighted by atomic mass is 10.1. The van der Waals surface area contributed by atoms with Crippen LogP contribution in [0.15, 0.2) is 0 Å². The van der Waals surface area contributed by atoms with E-state index in [9.17, 15) is 9.18 Å². The molecule has 11 heavy (non-hydrogen) atoms. The molecule has 0 spiro atoms. The molecule has 0 aromatic heterocycles. The van der Waals surface area contributed by atoms with Gasteiger partial charge in [-0.2, -0.15) is 0 Å². The van der Waals surface area contributed by atoms with E-state index in [1.165, 1.54) is 0 Å². The van der Waals surface area contributed by atoms with Crippen LogP contribution in [0.4, 0.5) is 4.39 Å². The summed E-state index contributed by atoms with van der Waals surface area (Å²) in [6.07, 6.45) is 2.36. The average molecular weight is 163 g/mol. The van der Waals surface area contributed by atoms with Crippen LogP contribution in [-0.4, -0.2) is 23.8 Å². The van der Waals surface area contributed by atoms with Gasteiger partial charge in [0.25, 0.3) is 0 Å². The summed E-state index contributed by atoms with van der Waals surface area (Å²) in [7, 11) is 0. The average Bonchev–Trinajstić information content (AvgIpc) is 1.97. The molecule has 0 radical (unpaired) electrons. The van der Waals surface area contributed by atoms with E-state index in [4.69, 9.17) is 10.8 Å². The predicted octanol–water partition coefficient (Wildman–Crippen LogP) is 0.928. The second-order valence-corrected chi connectivity index (χ2v) is 2.48. The van der Waals surface area contributed by atoms with E-state index >= 15 is 0 Å². The Kier molecular flexibility index (Phi) is 5.74. The molecule has 0 aromatic rings. The summed E-state index contributed by atoms with van der Waals surface area (Å²) in [4.78, 5) is 10.2. The zero-order valence-electron chi connectivity index (χ0n) is 6.42. The van der Waals surface area contributed by atoms with E-state index in [1.807, 2.05) is 0 Å². The van der Waals surface area contributed by atoms with Gasteiger partial charge in [0, 0.05) is 0 Å². The first-order chi connectivity index (χ1) is 5.18. The molecule has 0 rings (SSSR count). The highest BCUT2D eigenvalue weighted by Gasteiger charge is 2.09. The molecule has 66 valence electrons. The van der Waals surface area contributed by atoms with Crippen LogP contribution in [0.25, 0.3) is 0 Å². The number of carbonyl (C=O) groups is 1. The number of unbranched alkanes of at least 4 members (excludes halogenated alkanes) is 2. The third-order valence-electron chi connectivity index (χ3n) is 1.47. The zero-order valence-corrected chi connectivity index (χ0v) is 6.42. The molecule has 0 aliphatic carbocycles. The van der Waals surface area contributed by atoms with Gasteiger partial charge >= 0.3 is 5.97 Å². The molecule has 0 unspecified atom stereocenters. The number of halogens is 1. The van der Waals surface area contributed by atoms with Gasteiger partial charge in [-0.3, -0.25) is 9.18 Å². The topological polar surface area (TPSA) is 63.3 Å². The number of nitrogens with two attached hydrogens (primary N) is 1. The Hall–Kier alpha value is -0.640. The summed E-state index contributed by atoms with van der Waals surface area (Å²) >= 11 is 0. The number of hydrogen-bond acceptors (Lipinski definition) is 2. The fourth-order valence-corrected chi connectivity index (χ4v) is 0.759. The van der Waals surface area contributed by atoms with Crippen LogP contribution in [0.1, 0.15) is 25.7 Å². The molecule has 0 aliphatic heterocycles. The number of carboxylic acid groups (broad SMARTS) is 1. The molecule has 3 N–H and O–H groups in total. The van der Waals surface area contributed by atoms with Gasteiger partial charge in [0.1, 0.15) is 6.04 Å². The van der Waals surface area contributed by atoms with E-state index in [-0.39, 0.29) is 6.67 Å². The predicted molar refractivity (Wildman–Crippen MR) is 40.1 cm³/mol. The normalized spacial score (nSPS) is 12.9. The molecule has 3 nitrogen and oxygen atoms in total. The molecule has 0 saturated heterocycles. The van der Waals surface area contributed by atoms with Crippen LogP contribution in [0.3, 0.4) is 0 Å². The van der Waals surface area contributed by atoms with Crippen LogP contribution in [-0.2, 0) is 4.79 Å². The van der Waals surface area contributed by atoms with Crippen molar-refractivity contribution in [3.05, 3.63) is 0 Å². The fourth-order valence-electron chi connectivity index (χ4n) is 0.759. The third kappa shape index (κ3) is 5.79. The number of hydrogen-bond donors (Lipinski definition) is 2. The molecule has 0 saturated carbocycles. The van der Waals surface area contributed by atoms with Crippen molar-refractivity contribution in [2.45, 2.75) is 31.7 Å². The second-order valence-electron chi connectivity index (χ2n) is 2.48. The van der Waals surface area contributed by atoms with Gasteiger partial charge in [-0.25, -0.2) is 0 Å². The summed E-state index contributed by atoms with van der Waals surface area (Å²) in [6, 6.07) is -0.783. The minimum absolute atomic E-state index is 0.331. The summed E-state index contributed by atoms with van der Waals surface area (Å²) < 4.78 is 11.5. The molecule has 1 atom stereocenters. The Morgan fingerprint density at radius 2 is 2.09 bits per heavy atom. The van der Waals surface area contributed by atoms with Gasteiger partial charge in [-0.15, -0.1) is 0 Å². The van der Waals surface area contributed by atoms with Crippen molar-refractivity contribution in [2.24, 2.45) is 5.73 Å². The Morgan fingerprint density at radius 1 is 1.45 bits per heavy atom. The Morgan fingerprint density at radius 3 is 2.55 bits per heavy atom. The number of alkyl halides is 1. The highest BCUT2D eigenvalue weighted by molar-refractivity contribution is 5.72. The SMILES string of the molecule is N[C@H](CCCCCF)C(=O)O. The van der Waals surface area contributed by atoms with Gasteiger partial charge in [-0.1, -0.05) is 12.8 Å². The van der Waals surface area contributed by atoms with Crippen molar-refractivity contribution in [3.8, 4) is 0 Å². The van der Waals surface area contributed by atoms with Crippen LogP contribution in [0.2, 0.25) is 0 Å². The molecule has 0 bridgehead atoms. The van der Waals surface area contributed by atoms with Gasteiger partial charge < -0.3 is 10.8 Å². The smallest absolute Gasteiger partial charge is 0.320 e. The van der Waals surface area contributed by atoms with Gasteiger partial charge in [-0.05, 0) is 12.8 Å². The van der Waals surface area contributed by atoms with Crippen LogP contribution < -0.4 is 5.73 Å². The number of carboxylic acids is 1. The molecule has 0 aromatic carbocycles. The minimum Gasteiger partial charge on any atom is -0.480 e. The highest BCUT2D eigenvalue weighted by atomic mass is 19.1. The van der Waals surface area contributed by atoms with Crippen molar-refractivity contribution >= 4 is 5.97 Å². The van der Waals surface area contributed by atoms with Gasteiger partial charge in [0.05, 0.1) is 6.67 Å². The van der Waals surface area contributed by atoms with E-state index < -0.39 is 12.0 Å². The summed E-state index contributed by atoms with van der Waals surface area (Å²) in [5.41, 5.74) is 5.21. The maximum absolute atomic E-state index is 11.5.